The minimum Gasteiger partial charge on any atom is -0.377 e. The van der Waals surface area contributed by atoms with Crippen molar-refractivity contribution in [2.75, 3.05) is 24.7 Å². The fourth-order valence-corrected chi connectivity index (χ4v) is 4.62. The van der Waals surface area contributed by atoms with Gasteiger partial charge in [0.15, 0.2) is 0 Å². The van der Waals surface area contributed by atoms with Gasteiger partial charge in [-0.1, -0.05) is 0 Å². The number of pyridine rings is 2. The highest BCUT2D eigenvalue weighted by molar-refractivity contribution is 6.01. The van der Waals surface area contributed by atoms with Gasteiger partial charge in [-0.05, 0) is 31.5 Å². The number of nitrogens with zero attached hydrogens (tertiary/aromatic N) is 6. The lowest BCUT2D eigenvalue weighted by Gasteiger charge is -2.34. The largest absolute Gasteiger partial charge is 0.377 e. The van der Waals surface area contributed by atoms with Crippen molar-refractivity contribution < 1.29 is 4.74 Å². The molecule has 6 rings (SSSR count). The number of aromatic amines is 1. The summed E-state index contributed by atoms with van der Waals surface area (Å²) in [6.07, 6.45) is 7.79. The highest BCUT2D eigenvalue weighted by Gasteiger charge is 2.25. The molecule has 8 heteroatoms. The van der Waals surface area contributed by atoms with Crippen LogP contribution in [0.5, 0.6) is 0 Å². The minimum absolute atomic E-state index is 0.264. The third kappa shape index (κ3) is 2.71. The van der Waals surface area contributed by atoms with Gasteiger partial charge in [0.1, 0.15) is 22.9 Å². The van der Waals surface area contributed by atoms with Gasteiger partial charge in [0.2, 0.25) is 0 Å². The lowest BCUT2D eigenvalue weighted by molar-refractivity contribution is 0.0986. The van der Waals surface area contributed by atoms with E-state index in [1.807, 2.05) is 18.5 Å². The molecule has 1 fully saturated rings. The molecule has 1 unspecified atom stereocenters. The Bertz CT molecular complexity index is 1210. The van der Waals surface area contributed by atoms with Crippen LogP contribution in [0.1, 0.15) is 19.2 Å². The second-order valence-corrected chi connectivity index (χ2v) is 7.99. The van der Waals surface area contributed by atoms with Crippen LogP contribution in [0.4, 0.5) is 5.82 Å². The summed E-state index contributed by atoms with van der Waals surface area (Å²) in [6.45, 7) is 5.43. The quantitative estimate of drug-likeness (QED) is 0.568. The van der Waals surface area contributed by atoms with E-state index in [9.17, 15) is 0 Å². The van der Waals surface area contributed by atoms with Crippen LogP contribution in [0.2, 0.25) is 0 Å². The van der Waals surface area contributed by atoms with E-state index in [2.05, 4.69) is 48.7 Å². The van der Waals surface area contributed by atoms with Crippen LogP contribution in [-0.4, -0.2) is 55.5 Å². The molecular weight excluding hydrogens is 378 g/mol. The number of H-pyrrole nitrogens is 1. The van der Waals surface area contributed by atoms with Crippen LogP contribution < -0.4 is 4.90 Å². The van der Waals surface area contributed by atoms with Crippen LogP contribution in [0.25, 0.3) is 33.5 Å². The van der Waals surface area contributed by atoms with Crippen LogP contribution in [0.3, 0.4) is 0 Å². The summed E-state index contributed by atoms with van der Waals surface area (Å²) in [6, 6.07) is 6.46. The third-order valence-electron chi connectivity index (χ3n) is 6.13. The van der Waals surface area contributed by atoms with Gasteiger partial charge in [-0.3, -0.25) is 10.1 Å². The van der Waals surface area contributed by atoms with E-state index in [0.717, 1.165) is 65.3 Å². The molecule has 1 saturated heterocycles. The number of morpholine rings is 1. The number of ether oxygens (including phenoxy) is 1. The van der Waals surface area contributed by atoms with Crippen LogP contribution in [0, 0.1) is 0 Å². The molecule has 30 heavy (non-hydrogen) atoms. The van der Waals surface area contributed by atoms with E-state index in [4.69, 9.17) is 9.72 Å². The molecular formula is C22H23N7O. The Morgan fingerprint density at radius 3 is 3.00 bits per heavy atom. The molecule has 4 aromatic heterocycles. The first-order valence-electron chi connectivity index (χ1n) is 10.5. The number of nitrogens with one attached hydrogen (secondary N) is 1. The monoisotopic (exact) mass is 401 g/mol. The summed E-state index contributed by atoms with van der Waals surface area (Å²) < 4.78 is 8.00. The fraction of sp³-hybridized carbons (Fsp3) is 0.364. The Morgan fingerprint density at radius 2 is 2.13 bits per heavy atom. The molecule has 1 atom stereocenters. The zero-order chi connectivity index (χ0) is 20.1. The summed E-state index contributed by atoms with van der Waals surface area (Å²) >= 11 is 0. The topological polar surface area (TPSA) is 84.8 Å². The van der Waals surface area contributed by atoms with Gasteiger partial charge in [0.25, 0.3) is 0 Å². The first-order chi connectivity index (χ1) is 14.8. The first kappa shape index (κ1) is 17.6. The maximum Gasteiger partial charge on any atom is 0.130 e. The van der Waals surface area contributed by atoms with Gasteiger partial charge in [-0.2, -0.15) is 5.10 Å². The molecule has 0 saturated carbocycles. The van der Waals surface area contributed by atoms with Gasteiger partial charge < -0.3 is 14.2 Å². The maximum absolute atomic E-state index is 5.66. The van der Waals surface area contributed by atoms with E-state index in [1.54, 1.807) is 6.20 Å². The number of aromatic nitrogens is 6. The molecule has 1 N–H and O–H groups in total. The number of hydrogen-bond acceptors (Lipinski definition) is 6. The standard InChI is InChI=1S/C22H23N7O/c1-14-13-30-10-9-28(14)20-11-16(18-12-24-19-3-2-8-29(18)19)15-4-6-23-22(21(15)26-20)17-5-7-25-27-17/h4-7,11-12,14H,2-3,8-10,13H2,1H3,(H,25,27). The molecule has 4 aromatic rings. The molecule has 0 aromatic carbocycles. The fourth-order valence-electron chi connectivity index (χ4n) is 4.62. The summed E-state index contributed by atoms with van der Waals surface area (Å²) in [4.78, 5) is 16.8. The summed E-state index contributed by atoms with van der Waals surface area (Å²) in [5, 5.41) is 8.24. The second kappa shape index (κ2) is 6.91. The van der Waals surface area contributed by atoms with Gasteiger partial charge >= 0.3 is 0 Å². The SMILES string of the molecule is CC1COCCN1c1cc(-c2cnc3n2CCC3)c2ccnc(-c3ccn[nH]3)c2n1. The summed E-state index contributed by atoms with van der Waals surface area (Å²) in [7, 11) is 0. The predicted octanol–water partition coefficient (Wildman–Crippen LogP) is 3.05. The van der Waals surface area contributed by atoms with E-state index >= 15 is 0 Å². The van der Waals surface area contributed by atoms with Gasteiger partial charge in [0, 0.05) is 42.9 Å². The molecule has 8 nitrogen and oxygen atoms in total. The molecule has 6 heterocycles. The summed E-state index contributed by atoms with van der Waals surface area (Å²) in [5.74, 6) is 2.12. The van der Waals surface area contributed by atoms with Crippen molar-refractivity contribution in [1.29, 1.82) is 0 Å². The Balaban J connectivity index is 1.62. The van der Waals surface area contributed by atoms with Crippen molar-refractivity contribution in [3.05, 3.63) is 42.6 Å². The van der Waals surface area contributed by atoms with Gasteiger partial charge in [-0.25, -0.2) is 9.97 Å². The van der Waals surface area contributed by atoms with Crippen molar-refractivity contribution in [3.8, 4) is 22.6 Å². The Morgan fingerprint density at radius 1 is 1.17 bits per heavy atom. The number of hydrogen-bond donors (Lipinski definition) is 1. The van der Waals surface area contributed by atoms with Crippen LogP contribution >= 0.6 is 0 Å². The molecule has 0 bridgehead atoms. The smallest absolute Gasteiger partial charge is 0.130 e. The first-order valence-corrected chi connectivity index (χ1v) is 10.5. The van der Waals surface area contributed by atoms with Crippen molar-refractivity contribution in [2.24, 2.45) is 0 Å². The van der Waals surface area contributed by atoms with E-state index in [-0.39, 0.29) is 6.04 Å². The summed E-state index contributed by atoms with van der Waals surface area (Å²) in [5.41, 5.74) is 4.86. The highest BCUT2D eigenvalue weighted by Crippen LogP contribution is 2.36. The zero-order valence-electron chi connectivity index (χ0n) is 16.9. The lowest BCUT2D eigenvalue weighted by atomic mass is 10.0. The van der Waals surface area contributed by atoms with Crippen LogP contribution in [0.15, 0.2) is 36.8 Å². The van der Waals surface area contributed by atoms with Crippen LogP contribution in [-0.2, 0) is 17.7 Å². The molecule has 0 aliphatic carbocycles. The van der Waals surface area contributed by atoms with Crippen molar-refractivity contribution in [3.63, 3.8) is 0 Å². The average Bonchev–Trinajstić information content (AvgIpc) is 3.51. The van der Waals surface area contributed by atoms with E-state index in [1.165, 1.54) is 5.82 Å². The van der Waals surface area contributed by atoms with Crippen molar-refractivity contribution >= 4 is 16.7 Å². The van der Waals surface area contributed by atoms with E-state index in [0.29, 0.717) is 13.2 Å². The molecule has 0 radical (unpaired) electrons. The Labute approximate surface area is 173 Å². The van der Waals surface area contributed by atoms with Gasteiger partial charge in [-0.15, -0.1) is 0 Å². The molecule has 0 spiro atoms. The number of aryl methyl sites for hydroxylation is 1. The number of anilines is 1. The van der Waals surface area contributed by atoms with Crippen molar-refractivity contribution in [1.82, 2.24) is 29.7 Å². The van der Waals surface area contributed by atoms with Gasteiger partial charge in [0.05, 0.1) is 36.8 Å². The Hall–Kier alpha value is -3.26. The lowest BCUT2D eigenvalue weighted by Crippen LogP contribution is -2.44. The highest BCUT2D eigenvalue weighted by atomic mass is 16.5. The maximum atomic E-state index is 5.66. The van der Waals surface area contributed by atoms with Crippen molar-refractivity contribution in [2.45, 2.75) is 32.4 Å². The third-order valence-corrected chi connectivity index (χ3v) is 6.13. The second-order valence-electron chi connectivity index (χ2n) is 7.99. The average molecular weight is 401 g/mol. The minimum atomic E-state index is 0.264. The zero-order valence-corrected chi connectivity index (χ0v) is 16.9. The number of imidazole rings is 1. The Kier molecular flexibility index (Phi) is 4.05. The molecule has 152 valence electrons. The number of fused-ring (bicyclic) bond motifs is 2. The molecule has 0 amide bonds. The molecule has 2 aliphatic rings. The normalized spacial score (nSPS) is 18.8. The van der Waals surface area contributed by atoms with E-state index < -0.39 is 0 Å². The number of rotatable bonds is 3. The molecule has 2 aliphatic heterocycles. The predicted molar refractivity (Wildman–Crippen MR) is 114 cm³/mol.